The summed E-state index contributed by atoms with van der Waals surface area (Å²) in [4.78, 5) is 26.2. The predicted octanol–water partition coefficient (Wildman–Crippen LogP) is -1.27. The molecule has 1 unspecified atom stereocenters. The zero-order chi connectivity index (χ0) is 17.7. The first-order valence-corrected chi connectivity index (χ1v) is 9.47. The lowest BCUT2D eigenvalue weighted by Crippen LogP contribution is -2.54. The average molecular weight is 354 g/mol. The van der Waals surface area contributed by atoms with Crippen molar-refractivity contribution >= 4 is 21.8 Å². The molecule has 0 radical (unpaired) electrons. The Bertz CT molecular complexity index is 693. The van der Waals surface area contributed by atoms with Crippen molar-refractivity contribution in [3.8, 4) is 0 Å². The first-order valence-electron chi connectivity index (χ1n) is 7.62. The van der Waals surface area contributed by atoms with Gasteiger partial charge in [-0.2, -0.15) is 4.31 Å². The quantitative estimate of drug-likeness (QED) is 0.662. The molecule has 1 aliphatic heterocycles. The highest BCUT2D eigenvalue weighted by Crippen LogP contribution is 2.19. The van der Waals surface area contributed by atoms with Crippen LogP contribution in [0.2, 0.25) is 0 Å². The van der Waals surface area contributed by atoms with Gasteiger partial charge in [0.15, 0.2) is 6.17 Å². The monoisotopic (exact) mass is 354 g/mol. The summed E-state index contributed by atoms with van der Waals surface area (Å²) in [7, 11) is -3.61. The van der Waals surface area contributed by atoms with Crippen LogP contribution in [0.3, 0.4) is 0 Å². The van der Waals surface area contributed by atoms with Gasteiger partial charge >= 0.3 is 0 Å². The molecular formula is C15H22N4O4S. The molecule has 1 aromatic carbocycles. The molecule has 2 rings (SSSR count). The van der Waals surface area contributed by atoms with Crippen LogP contribution < -0.4 is 11.1 Å². The molecule has 3 N–H and O–H groups in total. The van der Waals surface area contributed by atoms with E-state index in [-0.39, 0.29) is 38.5 Å². The molecule has 1 aromatic rings. The van der Waals surface area contributed by atoms with Crippen molar-refractivity contribution in [1.82, 2.24) is 14.5 Å². The molecule has 0 saturated carbocycles. The Morgan fingerprint density at radius 2 is 1.92 bits per heavy atom. The Hall–Kier alpha value is -1.97. The van der Waals surface area contributed by atoms with Crippen LogP contribution in [0.25, 0.3) is 0 Å². The van der Waals surface area contributed by atoms with Crippen molar-refractivity contribution in [2.75, 3.05) is 32.4 Å². The van der Waals surface area contributed by atoms with Gasteiger partial charge in [-0.05, 0) is 5.56 Å². The molecule has 1 aliphatic rings. The van der Waals surface area contributed by atoms with Gasteiger partial charge in [-0.15, -0.1) is 0 Å². The number of sulfonamides is 1. The third-order valence-electron chi connectivity index (χ3n) is 3.75. The number of hydrogen-bond acceptors (Lipinski definition) is 5. The van der Waals surface area contributed by atoms with Crippen LogP contribution in [-0.2, 0) is 26.0 Å². The fraction of sp³-hybridized carbons (Fsp3) is 0.467. The third-order valence-corrected chi connectivity index (χ3v) is 4.99. The van der Waals surface area contributed by atoms with E-state index < -0.39 is 22.1 Å². The van der Waals surface area contributed by atoms with Gasteiger partial charge in [0.1, 0.15) is 0 Å². The molecule has 1 atom stereocenters. The number of benzene rings is 1. The zero-order valence-electron chi connectivity index (χ0n) is 13.5. The molecule has 1 heterocycles. The number of hydrogen-bond donors (Lipinski definition) is 2. The Balaban J connectivity index is 2.20. The van der Waals surface area contributed by atoms with E-state index in [0.717, 1.165) is 16.1 Å². The second-order valence-corrected chi connectivity index (χ2v) is 7.51. The summed E-state index contributed by atoms with van der Waals surface area (Å²) in [5.74, 6) is -0.829. The first kappa shape index (κ1) is 18.4. The molecule has 2 amide bonds. The van der Waals surface area contributed by atoms with Crippen molar-refractivity contribution in [2.45, 2.75) is 12.6 Å². The lowest BCUT2D eigenvalue weighted by Gasteiger charge is -2.27. The third kappa shape index (κ3) is 4.31. The van der Waals surface area contributed by atoms with Crippen molar-refractivity contribution in [3.63, 3.8) is 0 Å². The van der Waals surface area contributed by atoms with E-state index in [1.54, 1.807) is 0 Å². The van der Waals surface area contributed by atoms with E-state index in [2.05, 4.69) is 5.32 Å². The van der Waals surface area contributed by atoms with Crippen LogP contribution in [0, 0.1) is 0 Å². The number of rotatable bonds is 6. The number of amides is 2. The predicted molar refractivity (Wildman–Crippen MR) is 89.3 cm³/mol. The van der Waals surface area contributed by atoms with Gasteiger partial charge in [0.2, 0.25) is 15.9 Å². The van der Waals surface area contributed by atoms with Gasteiger partial charge in [0.25, 0.3) is 5.91 Å². The molecule has 1 fully saturated rings. The van der Waals surface area contributed by atoms with Crippen LogP contribution in [0.15, 0.2) is 30.3 Å². The fourth-order valence-electron chi connectivity index (χ4n) is 2.65. The summed E-state index contributed by atoms with van der Waals surface area (Å²) < 4.78 is 24.9. The highest BCUT2D eigenvalue weighted by atomic mass is 32.2. The van der Waals surface area contributed by atoms with E-state index in [1.807, 2.05) is 30.3 Å². The highest BCUT2D eigenvalue weighted by Gasteiger charge is 2.44. The maximum Gasteiger partial charge on any atom is 0.259 e. The summed E-state index contributed by atoms with van der Waals surface area (Å²) in [5, 5.41) is 2.56. The molecule has 8 nitrogen and oxygen atoms in total. The maximum atomic E-state index is 12.6. The van der Waals surface area contributed by atoms with Gasteiger partial charge in [0.05, 0.1) is 12.7 Å². The molecule has 9 heteroatoms. The van der Waals surface area contributed by atoms with Crippen molar-refractivity contribution in [3.05, 3.63) is 35.9 Å². The molecular weight excluding hydrogens is 332 g/mol. The standard InChI is InChI=1S/C15H22N4O4S/c1-24(22,23)19-10-9-18(15(19)14(21)17-8-7-16)13(20)11-12-5-3-2-4-6-12/h2-6,15H,7-11,16H2,1H3,(H,17,21). The van der Waals surface area contributed by atoms with E-state index in [4.69, 9.17) is 5.73 Å². The summed E-state index contributed by atoms with van der Waals surface area (Å²) in [6.07, 6.45) is -0.0247. The Labute approximate surface area is 141 Å². The van der Waals surface area contributed by atoms with Crippen molar-refractivity contribution in [2.24, 2.45) is 5.73 Å². The van der Waals surface area contributed by atoms with E-state index in [1.165, 1.54) is 4.90 Å². The molecule has 0 aromatic heterocycles. The normalized spacial score (nSPS) is 18.6. The minimum atomic E-state index is -3.61. The van der Waals surface area contributed by atoms with Crippen LogP contribution in [-0.4, -0.2) is 68.0 Å². The topological polar surface area (TPSA) is 113 Å². The lowest BCUT2D eigenvalue weighted by atomic mass is 10.1. The number of carbonyl (C=O) groups excluding carboxylic acids is 2. The van der Waals surface area contributed by atoms with E-state index in [9.17, 15) is 18.0 Å². The SMILES string of the molecule is CS(=O)(=O)N1CCN(C(=O)Cc2ccccc2)C1C(=O)NCCN. The Morgan fingerprint density at radius 3 is 2.50 bits per heavy atom. The van der Waals surface area contributed by atoms with E-state index >= 15 is 0 Å². The van der Waals surface area contributed by atoms with Crippen LogP contribution in [0.5, 0.6) is 0 Å². The molecule has 1 saturated heterocycles. The number of nitrogens with zero attached hydrogens (tertiary/aromatic N) is 2. The van der Waals surface area contributed by atoms with Gasteiger partial charge in [-0.25, -0.2) is 8.42 Å². The van der Waals surface area contributed by atoms with Crippen molar-refractivity contribution < 1.29 is 18.0 Å². The van der Waals surface area contributed by atoms with Crippen LogP contribution >= 0.6 is 0 Å². The summed E-state index contributed by atoms with van der Waals surface area (Å²) >= 11 is 0. The van der Waals surface area contributed by atoms with Gasteiger partial charge in [0, 0.05) is 26.2 Å². The summed E-state index contributed by atoms with van der Waals surface area (Å²) in [6.45, 7) is 0.725. The minimum Gasteiger partial charge on any atom is -0.352 e. The maximum absolute atomic E-state index is 12.6. The highest BCUT2D eigenvalue weighted by molar-refractivity contribution is 7.88. The summed E-state index contributed by atoms with van der Waals surface area (Å²) in [5.41, 5.74) is 6.17. The van der Waals surface area contributed by atoms with E-state index in [0.29, 0.717) is 0 Å². The van der Waals surface area contributed by atoms with Crippen LogP contribution in [0.4, 0.5) is 0 Å². The average Bonchev–Trinajstić information content (AvgIpc) is 2.99. The van der Waals surface area contributed by atoms with Crippen LogP contribution in [0.1, 0.15) is 5.56 Å². The zero-order valence-corrected chi connectivity index (χ0v) is 14.3. The first-order chi connectivity index (χ1) is 11.3. The van der Waals surface area contributed by atoms with Gasteiger partial charge in [-0.1, -0.05) is 30.3 Å². The number of nitrogens with one attached hydrogen (secondary N) is 1. The molecule has 24 heavy (non-hydrogen) atoms. The molecule has 0 bridgehead atoms. The van der Waals surface area contributed by atoms with Crippen molar-refractivity contribution in [1.29, 1.82) is 0 Å². The van der Waals surface area contributed by atoms with Gasteiger partial charge in [-0.3, -0.25) is 9.59 Å². The molecule has 0 aliphatic carbocycles. The smallest absolute Gasteiger partial charge is 0.259 e. The lowest BCUT2D eigenvalue weighted by molar-refractivity contribution is -0.140. The fourth-order valence-corrected chi connectivity index (χ4v) is 3.63. The van der Waals surface area contributed by atoms with Gasteiger partial charge < -0.3 is 16.0 Å². The number of nitrogens with two attached hydrogens (primary N) is 1. The second-order valence-electron chi connectivity index (χ2n) is 5.58. The second kappa shape index (κ2) is 7.73. The summed E-state index contributed by atoms with van der Waals surface area (Å²) in [6, 6.07) is 9.11. The molecule has 0 spiro atoms. The largest absolute Gasteiger partial charge is 0.352 e. The molecule has 132 valence electrons. The Morgan fingerprint density at radius 1 is 1.25 bits per heavy atom. The Kier molecular flexibility index (Phi) is 5.92. The minimum absolute atomic E-state index is 0.0973. The number of carbonyl (C=O) groups is 2.